The normalized spacial score (nSPS) is 17.1. The average Bonchev–Trinajstić information content (AvgIpc) is 2.61. The Morgan fingerprint density at radius 2 is 2.10 bits per heavy atom. The summed E-state index contributed by atoms with van der Waals surface area (Å²) >= 11 is 2.64. The molecule has 2 amide bonds. The van der Waals surface area contributed by atoms with E-state index in [0.717, 1.165) is 0 Å². The summed E-state index contributed by atoms with van der Waals surface area (Å²) in [4.78, 5) is 34.9. The van der Waals surface area contributed by atoms with Crippen molar-refractivity contribution in [1.29, 1.82) is 0 Å². The number of amides is 2. The molecule has 0 atom stereocenters. The van der Waals surface area contributed by atoms with E-state index >= 15 is 0 Å². The predicted molar refractivity (Wildman–Crippen MR) is 81.1 cm³/mol. The molecule has 104 valence electrons. The van der Waals surface area contributed by atoms with Gasteiger partial charge in [0.2, 0.25) is 0 Å². The zero-order valence-electron chi connectivity index (χ0n) is 9.87. The monoisotopic (exact) mass is 405 g/mol. The number of aliphatic carboxylic acids is 1. The zero-order valence-corrected chi connectivity index (χ0v) is 12.8. The molecule has 2 N–H and O–H groups in total. The largest absolute Gasteiger partial charge is 0.507 e. The number of aromatic hydroxyl groups is 1. The van der Waals surface area contributed by atoms with E-state index in [4.69, 9.17) is 5.11 Å². The van der Waals surface area contributed by atoms with Gasteiger partial charge in [0, 0.05) is 0 Å². The maximum Gasteiger partial charge on any atom is 0.323 e. The van der Waals surface area contributed by atoms with Crippen LogP contribution in [-0.4, -0.2) is 38.8 Å². The molecule has 0 radical (unpaired) electrons. The molecule has 8 heteroatoms. The summed E-state index contributed by atoms with van der Waals surface area (Å²) in [7, 11) is 0. The van der Waals surface area contributed by atoms with Crippen molar-refractivity contribution in [2.24, 2.45) is 0 Å². The summed E-state index contributed by atoms with van der Waals surface area (Å²) in [6.45, 7) is -0.644. The second kappa shape index (κ2) is 5.83. The van der Waals surface area contributed by atoms with Crippen LogP contribution in [0.25, 0.3) is 6.08 Å². The van der Waals surface area contributed by atoms with E-state index in [2.05, 4.69) is 0 Å². The smallest absolute Gasteiger partial charge is 0.323 e. The maximum atomic E-state index is 11.9. The SMILES string of the molecule is O=C(O)CN1C(=O)S/C(=C\c2ccc(O)c(I)c2)C1=O. The van der Waals surface area contributed by atoms with E-state index < -0.39 is 23.7 Å². The summed E-state index contributed by atoms with van der Waals surface area (Å²) in [5.74, 6) is -1.74. The Balaban J connectivity index is 2.27. The Labute approximate surface area is 131 Å². The van der Waals surface area contributed by atoms with Crippen LogP contribution in [0.2, 0.25) is 0 Å². The van der Waals surface area contributed by atoms with Gasteiger partial charge in [0.15, 0.2) is 0 Å². The highest BCUT2D eigenvalue weighted by atomic mass is 127. The van der Waals surface area contributed by atoms with Gasteiger partial charge in [0.25, 0.3) is 11.1 Å². The molecule has 0 saturated carbocycles. The first-order valence-corrected chi connectivity index (χ1v) is 7.23. The van der Waals surface area contributed by atoms with E-state index in [1.165, 1.54) is 12.1 Å². The number of imide groups is 1. The molecule has 1 aromatic rings. The molecular formula is C12H8INO5S. The van der Waals surface area contributed by atoms with Crippen molar-refractivity contribution in [2.75, 3.05) is 6.54 Å². The topological polar surface area (TPSA) is 94.9 Å². The van der Waals surface area contributed by atoms with E-state index in [0.29, 0.717) is 25.8 Å². The molecule has 1 heterocycles. The third-order valence-corrected chi connectivity index (χ3v) is 4.21. The lowest BCUT2D eigenvalue weighted by Crippen LogP contribution is -2.33. The van der Waals surface area contributed by atoms with Gasteiger partial charge in [0.1, 0.15) is 12.3 Å². The van der Waals surface area contributed by atoms with Gasteiger partial charge in [-0.05, 0) is 58.1 Å². The lowest BCUT2D eigenvalue weighted by molar-refractivity contribution is -0.140. The highest BCUT2D eigenvalue weighted by Gasteiger charge is 2.36. The standard InChI is InChI=1S/C12H8INO5S/c13-7-3-6(1-2-8(7)15)4-9-11(18)14(5-10(16)17)12(19)20-9/h1-4,15H,5H2,(H,16,17)/b9-4-. The van der Waals surface area contributed by atoms with Gasteiger partial charge in [0.05, 0.1) is 8.48 Å². The van der Waals surface area contributed by atoms with Crippen LogP contribution in [0.15, 0.2) is 23.1 Å². The molecule has 0 aliphatic carbocycles. The van der Waals surface area contributed by atoms with Gasteiger partial charge in [-0.1, -0.05) is 6.07 Å². The summed E-state index contributed by atoms with van der Waals surface area (Å²) in [6, 6.07) is 4.73. The van der Waals surface area contributed by atoms with Crippen LogP contribution in [-0.2, 0) is 9.59 Å². The first kappa shape index (κ1) is 14.9. The van der Waals surface area contributed by atoms with Crippen LogP contribution >= 0.6 is 34.4 Å². The van der Waals surface area contributed by atoms with Gasteiger partial charge in [-0.15, -0.1) is 0 Å². The number of nitrogens with zero attached hydrogens (tertiary/aromatic N) is 1. The fourth-order valence-corrected chi connectivity index (χ4v) is 2.91. The number of carbonyl (C=O) groups excluding carboxylic acids is 2. The predicted octanol–water partition coefficient (Wildman–Crippen LogP) is 2.12. The molecule has 6 nitrogen and oxygen atoms in total. The van der Waals surface area contributed by atoms with E-state index in [1.807, 2.05) is 22.6 Å². The molecular weight excluding hydrogens is 397 g/mol. The van der Waals surface area contributed by atoms with Crippen molar-refractivity contribution < 1.29 is 24.6 Å². The molecule has 1 aromatic carbocycles. The summed E-state index contributed by atoms with van der Waals surface area (Å²) < 4.78 is 0.612. The number of phenolic OH excluding ortho intramolecular Hbond substituents is 1. The number of hydrogen-bond donors (Lipinski definition) is 2. The fourth-order valence-electron chi connectivity index (χ4n) is 1.54. The Kier molecular flexibility index (Phi) is 4.33. The summed E-state index contributed by atoms with van der Waals surface area (Å²) in [5.41, 5.74) is 0.646. The van der Waals surface area contributed by atoms with Gasteiger partial charge in [-0.25, -0.2) is 0 Å². The Bertz CT molecular complexity index is 643. The third kappa shape index (κ3) is 3.12. The Morgan fingerprint density at radius 1 is 1.40 bits per heavy atom. The number of rotatable bonds is 3. The second-order valence-corrected chi connectivity index (χ2v) is 6.03. The van der Waals surface area contributed by atoms with Gasteiger partial charge < -0.3 is 10.2 Å². The van der Waals surface area contributed by atoms with E-state index in [9.17, 15) is 19.5 Å². The number of carboxylic acid groups (broad SMARTS) is 1. The van der Waals surface area contributed by atoms with Gasteiger partial charge in [-0.2, -0.15) is 0 Å². The van der Waals surface area contributed by atoms with Crippen LogP contribution in [0.1, 0.15) is 5.56 Å². The number of carboxylic acids is 1. The lowest BCUT2D eigenvalue weighted by atomic mass is 10.2. The molecule has 0 unspecified atom stereocenters. The Morgan fingerprint density at radius 3 is 2.70 bits per heavy atom. The number of benzene rings is 1. The highest BCUT2D eigenvalue weighted by Crippen LogP contribution is 2.32. The molecule has 1 fully saturated rings. The van der Waals surface area contributed by atoms with Crippen LogP contribution < -0.4 is 0 Å². The minimum absolute atomic E-state index is 0.127. The Hall–Kier alpha value is -1.55. The quantitative estimate of drug-likeness (QED) is 0.591. The number of thioether (sulfide) groups is 1. The fraction of sp³-hybridized carbons (Fsp3) is 0.0833. The van der Waals surface area contributed by atoms with Crippen molar-refractivity contribution in [2.45, 2.75) is 0 Å². The number of hydrogen-bond acceptors (Lipinski definition) is 5. The molecule has 2 rings (SSSR count). The molecule has 1 aliphatic rings. The van der Waals surface area contributed by atoms with Crippen molar-refractivity contribution in [3.05, 3.63) is 32.2 Å². The minimum atomic E-state index is -1.24. The third-order valence-electron chi connectivity index (χ3n) is 2.44. The van der Waals surface area contributed by atoms with Crippen LogP contribution in [0.5, 0.6) is 5.75 Å². The minimum Gasteiger partial charge on any atom is -0.507 e. The first-order chi connectivity index (χ1) is 9.38. The summed E-state index contributed by atoms with van der Waals surface area (Å²) in [5, 5.41) is 17.5. The first-order valence-electron chi connectivity index (χ1n) is 5.34. The number of phenols is 1. The van der Waals surface area contributed by atoms with Gasteiger partial charge >= 0.3 is 5.97 Å². The molecule has 0 bridgehead atoms. The van der Waals surface area contributed by atoms with Crippen LogP contribution in [0, 0.1) is 3.57 Å². The molecule has 1 aliphatic heterocycles. The highest BCUT2D eigenvalue weighted by molar-refractivity contribution is 14.1. The molecule has 0 aromatic heterocycles. The van der Waals surface area contributed by atoms with E-state index in [-0.39, 0.29) is 10.7 Å². The second-order valence-electron chi connectivity index (χ2n) is 3.87. The summed E-state index contributed by atoms with van der Waals surface area (Å²) in [6.07, 6.45) is 1.49. The van der Waals surface area contributed by atoms with Crippen molar-refractivity contribution in [3.63, 3.8) is 0 Å². The average molecular weight is 405 g/mol. The van der Waals surface area contributed by atoms with Crippen molar-refractivity contribution >= 4 is 57.5 Å². The van der Waals surface area contributed by atoms with Crippen molar-refractivity contribution in [3.8, 4) is 5.75 Å². The molecule has 0 spiro atoms. The molecule has 1 saturated heterocycles. The lowest BCUT2D eigenvalue weighted by Gasteiger charge is -2.07. The van der Waals surface area contributed by atoms with Crippen LogP contribution in [0.3, 0.4) is 0 Å². The van der Waals surface area contributed by atoms with E-state index in [1.54, 1.807) is 12.1 Å². The number of carbonyl (C=O) groups is 3. The van der Waals surface area contributed by atoms with Gasteiger partial charge in [-0.3, -0.25) is 19.3 Å². The maximum absolute atomic E-state index is 11.9. The van der Waals surface area contributed by atoms with Crippen molar-refractivity contribution in [1.82, 2.24) is 4.90 Å². The zero-order chi connectivity index (χ0) is 14.9. The van der Waals surface area contributed by atoms with Crippen LogP contribution in [0.4, 0.5) is 4.79 Å². The number of halogens is 1. The molecule has 20 heavy (non-hydrogen) atoms.